The molecule has 0 bridgehead atoms. The summed E-state index contributed by atoms with van der Waals surface area (Å²) in [5.74, 6) is -0.822. The normalized spacial score (nSPS) is 11.8. The molecule has 1 atom stereocenters. The SMILES string of the molecule is CCCCCCCC(C)C(=O)O.[Cu]. The molecular weight excluding hydrogens is 216 g/mol. The maximum absolute atomic E-state index is 10.4. The Bertz CT molecular complexity index is 126. The second kappa shape index (κ2) is 10.1. The molecule has 0 saturated carbocycles. The van der Waals surface area contributed by atoms with Crippen LogP contribution in [0.4, 0.5) is 0 Å². The number of aliphatic carboxylic acids is 1. The first-order chi connectivity index (χ1) is 5.68. The van der Waals surface area contributed by atoms with Gasteiger partial charge in [0.2, 0.25) is 0 Å². The predicted molar refractivity (Wildman–Crippen MR) is 50.2 cm³/mol. The van der Waals surface area contributed by atoms with Gasteiger partial charge in [0.1, 0.15) is 0 Å². The third-order valence-electron chi connectivity index (χ3n) is 2.16. The fourth-order valence-corrected chi connectivity index (χ4v) is 1.18. The smallest absolute Gasteiger partial charge is 0.306 e. The number of unbranched alkanes of at least 4 members (excludes halogenated alkanes) is 4. The van der Waals surface area contributed by atoms with Gasteiger partial charge in [0.15, 0.2) is 0 Å². The van der Waals surface area contributed by atoms with E-state index in [2.05, 4.69) is 6.92 Å². The van der Waals surface area contributed by atoms with Gasteiger partial charge in [-0.25, -0.2) is 0 Å². The zero-order valence-electron chi connectivity index (χ0n) is 8.48. The van der Waals surface area contributed by atoms with E-state index in [0.717, 1.165) is 12.8 Å². The van der Waals surface area contributed by atoms with Crippen molar-refractivity contribution >= 4 is 5.97 Å². The molecule has 0 spiro atoms. The topological polar surface area (TPSA) is 37.3 Å². The van der Waals surface area contributed by atoms with E-state index in [1.807, 2.05) is 0 Å². The molecule has 0 fully saturated rings. The van der Waals surface area contributed by atoms with E-state index in [4.69, 9.17) is 5.11 Å². The van der Waals surface area contributed by atoms with E-state index in [1.165, 1.54) is 25.7 Å². The molecule has 0 aliphatic carbocycles. The Hall–Kier alpha value is -0.0105. The van der Waals surface area contributed by atoms with E-state index in [1.54, 1.807) is 6.92 Å². The van der Waals surface area contributed by atoms with Gasteiger partial charge in [-0.1, -0.05) is 46.0 Å². The minimum atomic E-state index is -0.662. The van der Waals surface area contributed by atoms with E-state index in [-0.39, 0.29) is 23.0 Å². The average Bonchev–Trinajstić information content (AvgIpc) is 2.03. The van der Waals surface area contributed by atoms with Crippen molar-refractivity contribution in [2.75, 3.05) is 0 Å². The maximum atomic E-state index is 10.4. The van der Waals surface area contributed by atoms with Crippen LogP contribution in [-0.4, -0.2) is 11.1 Å². The minimum absolute atomic E-state index is 0. The predicted octanol–water partition coefficient (Wildman–Crippen LogP) is 3.07. The second-order valence-corrected chi connectivity index (χ2v) is 3.44. The molecule has 3 heteroatoms. The molecular formula is C10H20CuO2. The van der Waals surface area contributed by atoms with Gasteiger partial charge in [-0.3, -0.25) is 4.79 Å². The van der Waals surface area contributed by atoms with Crippen LogP contribution in [-0.2, 0) is 21.9 Å². The van der Waals surface area contributed by atoms with E-state index in [0.29, 0.717) is 0 Å². The van der Waals surface area contributed by atoms with E-state index >= 15 is 0 Å². The number of hydrogen-bond donors (Lipinski definition) is 1. The number of carboxylic acid groups (broad SMARTS) is 1. The standard InChI is InChI=1S/C10H20O2.Cu/c1-3-4-5-6-7-8-9(2)10(11)12;/h9H,3-8H2,1-2H3,(H,11,12);. The van der Waals surface area contributed by atoms with Gasteiger partial charge in [0.05, 0.1) is 5.92 Å². The van der Waals surface area contributed by atoms with Crippen LogP contribution < -0.4 is 0 Å². The summed E-state index contributed by atoms with van der Waals surface area (Å²) in [4.78, 5) is 10.4. The summed E-state index contributed by atoms with van der Waals surface area (Å²) in [5.41, 5.74) is 0. The van der Waals surface area contributed by atoms with Gasteiger partial charge in [0.25, 0.3) is 0 Å². The summed E-state index contributed by atoms with van der Waals surface area (Å²) in [6, 6.07) is 0. The quantitative estimate of drug-likeness (QED) is 0.544. The fourth-order valence-electron chi connectivity index (χ4n) is 1.18. The van der Waals surface area contributed by atoms with Gasteiger partial charge in [-0.2, -0.15) is 0 Å². The summed E-state index contributed by atoms with van der Waals surface area (Å²) >= 11 is 0. The van der Waals surface area contributed by atoms with Crippen molar-refractivity contribution in [2.24, 2.45) is 5.92 Å². The fraction of sp³-hybridized carbons (Fsp3) is 0.900. The molecule has 13 heavy (non-hydrogen) atoms. The molecule has 0 saturated heterocycles. The van der Waals surface area contributed by atoms with Crippen LogP contribution in [0.5, 0.6) is 0 Å². The first kappa shape index (κ1) is 15.5. The molecule has 1 unspecified atom stereocenters. The van der Waals surface area contributed by atoms with Crippen LogP contribution in [0.15, 0.2) is 0 Å². The van der Waals surface area contributed by atoms with Crippen molar-refractivity contribution in [2.45, 2.75) is 52.4 Å². The van der Waals surface area contributed by atoms with Crippen molar-refractivity contribution in [3.63, 3.8) is 0 Å². The zero-order chi connectivity index (χ0) is 9.40. The molecule has 1 N–H and O–H groups in total. The number of carbonyl (C=O) groups is 1. The number of carboxylic acids is 1. The van der Waals surface area contributed by atoms with E-state index < -0.39 is 5.97 Å². The molecule has 0 aromatic rings. The van der Waals surface area contributed by atoms with Crippen LogP contribution >= 0.6 is 0 Å². The molecule has 83 valence electrons. The van der Waals surface area contributed by atoms with Gasteiger partial charge in [-0.05, 0) is 6.42 Å². The molecule has 0 rings (SSSR count). The molecule has 0 heterocycles. The largest absolute Gasteiger partial charge is 0.481 e. The van der Waals surface area contributed by atoms with Crippen molar-refractivity contribution in [1.29, 1.82) is 0 Å². The molecule has 0 aliphatic rings. The molecule has 0 aromatic carbocycles. The summed E-state index contributed by atoms with van der Waals surface area (Å²) < 4.78 is 0. The summed E-state index contributed by atoms with van der Waals surface area (Å²) in [6.45, 7) is 3.96. The van der Waals surface area contributed by atoms with E-state index in [9.17, 15) is 4.79 Å². The summed E-state index contributed by atoms with van der Waals surface area (Å²) in [6.07, 6.45) is 6.86. The number of rotatable bonds is 7. The van der Waals surface area contributed by atoms with Gasteiger partial charge >= 0.3 is 5.97 Å². The molecule has 0 aliphatic heterocycles. The Labute approximate surface area is 91.6 Å². The summed E-state index contributed by atoms with van der Waals surface area (Å²) in [7, 11) is 0. The Morgan fingerprint density at radius 2 is 1.77 bits per heavy atom. The molecule has 0 amide bonds. The van der Waals surface area contributed by atoms with Gasteiger partial charge in [-0.15, -0.1) is 0 Å². The molecule has 0 aromatic heterocycles. The van der Waals surface area contributed by atoms with Crippen LogP contribution in [0, 0.1) is 5.92 Å². The van der Waals surface area contributed by atoms with Crippen molar-refractivity contribution in [3.8, 4) is 0 Å². The van der Waals surface area contributed by atoms with Crippen LogP contribution in [0.1, 0.15) is 52.4 Å². The Morgan fingerprint density at radius 1 is 1.23 bits per heavy atom. The van der Waals surface area contributed by atoms with Crippen molar-refractivity contribution in [3.05, 3.63) is 0 Å². The van der Waals surface area contributed by atoms with Crippen LogP contribution in [0.25, 0.3) is 0 Å². The third-order valence-corrected chi connectivity index (χ3v) is 2.16. The number of hydrogen-bond acceptors (Lipinski definition) is 1. The van der Waals surface area contributed by atoms with Crippen LogP contribution in [0.2, 0.25) is 0 Å². The van der Waals surface area contributed by atoms with Crippen molar-refractivity contribution < 1.29 is 27.0 Å². The van der Waals surface area contributed by atoms with Crippen molar-refractivity contribution in [1.82, 2.24) is 0 Å². The first-order valence-corrected chi connectivity index (χ1v) is 4.91. The monoisotopic (exact) mass is 235 g/mol. The maximum Gasteiger partial charge on any atom is 0.306 e. The second-order valence-electron chi connectivity index (χ2n) is 3.44. The Morgan fingerprint density at radius 3 is 2.23 bits per heavy atom. The van der Waals surface area contributed by atoms with Gasteiger partial charge < -0.3 is 5.11 Å². The summed E-state index contributed by atoms with van der Waals surface area (Å²) in [5, 5.41) is 8.58. The molecule has 2 nitrogen and oxygen atoms in total. The van der Waals surface area contributed by atoms with Gasteiger partial charge in [0, 0.05) is 17.1 Å². The van der Waals surface area contributed by atoms with Crippen LogP contribution in [0.3, 0.4) is 0 Å². The minimum Gasteiger partial charge on any atom is -0.481 e. The third kappa shape index (κ3) is 9.91. The zero-order valence-corrected chi connectivity index (χ0v) is 9.42. The average molecular weight is 236 g/mol. The Kier molecular flexibility index (Phi) is 12.0. The Balaban J connectivity index is 0. The first-order valence-electron chi connectivity index (χ1n) is 4.91. The molecule has 1 radical (unpaired) electrons.